The first-order valence-electron chi connectivity index (χ1n) is 8.42. The molecule has 0 radical (unpaired) electrons. The number of aromatic amines is 1. The summed E-state index contributed by atoms with van der Waals surface area (Å²) in [5, 5.41) is 1.18. The molecule has 0 spiro atoms. The number of ether oxygens (including phenoxy) is 1. The lowest BCUT2D eigenvalue weighted by atomic mass is 10.1. The molecular weight excluding hydrogens is 319 g/mol. The Labute approximate surface area is 146 Å². The highest BCUT2D eigenvalue weighted by molar-refractivity contribution is 5.82. The Morgan fingerprint density at radius 1 is 1.08 bits per heavy atom. The molecule has 0 aliphatic rings. The van der Waals surface area contributed by atoms with Crippen LogP contribution < -0.4 is 5.73 Å². The maximum Gasteiger partial charge on any atom is 0.217 e. The average Bonchev–Trinajstić information content (AvgIpc) is 3.03. The number of aromatic nitrogens is 2. The minimum atomic E-state index is -0.422. The molecule has 0 atom stereocenters. The molecule has 3 N–H and O–H groups in total. The number of nitrogens with two attached hydrogens (primary N) is 1. The fourth-order valence-electron chi connectivity index (χ4n) is 2.87. The van der Waals surface area contributed by atoms with E-state index in [4.69, 9.17) is 10.5 Å². The predicted octanol–water partition coefficient (Wildman–Crippen LogP) is 2.68. The molecular formula is C19H23FN4O. The van der Waals surface area contributed by atoms with Crippen LogP contribution in [0.4, 0.5) is 4.39 Å². The first kappa shape index (κ1) is 17.5. The Morgan fingerprint density at radius 2 is 1.92 bits per heavy atom. The van der Waals surface area contributed by atoms with Gasteiger partial charge in [-0.3, -0.25) is 4.90 Å². The lowest BCUT2D eigenvalue weighted by Crippen LogP contribution is -2.28. The molecule has 2 aromatic heterocycles. The van der Waals surface area contributed by atoms with Crippen LogP contribution in [0, 0.1) is 5.95 Å². The van der Waals surface area contributed by atoms with Crippen molar-refractivity contribution in [3.63, 3.8) is 0 Å². The van der Waals surface area contributed by atoms with Crippen LogP contribution >= 0.6 is 0 Å². The van der Waals surface area contributed by atoms with Crippen molar-refractivity contribution in [3.05, 3.63) is 65.9 Å². The zero-order valence-corrected chi connectivity index (χ0v) is 14.1. The van der Waals surface area contributed by atoms with E-state index >= 15 is 0 Å². The van der Waals surface area contributed by atoms with Crippen LogP contribution in [0.5, 0.6) is 0 Å². The molecule has 0 amide bonds. The van der Waals surface area contributed by atoms with E-state index in [9.17, 15) is 4.39 Å². The molecule has 0 fully saturated rings. The minimum Gasteiger partial charge on any atom is -0.379 e. The summed E-state index contributed by atoms with van der Waals surface area (Å²) in [5.41, 5.74) is 8.33. The van der Waals surface area contributed by atoms with Crippen LogP contribution in [-0.4, -0.2) is 41.2 Å². The van der Waals surface area contributed by atoms with Crippen LogP contribution in [0.2, 0.25) is 0 Å². The second-order valence-electron chi connectivity index (χ2n) is 5.92. The lowest BCUT2D eigenvalue weighted by molar-refractivity contribution is 0.103. The van der Waals surface area contributed by atoms with Crippen molar-refractivity contribution in [3.8, 4) is 0 Å². The third kappa shape index (κ3) is 4.63. The molecule has 5 nitrogen and oxygen atoms in total. The van der Waals surface area contributed by atoms with Crippen molar-refractivity contribution in [2.75, 3.05) is 26.3 Å². The van der Waals surface area contributed by atoms with Gasteiger partial charge in [0.1, 0.15) is 0 Å². The molecule has 3 rings (SSSR count). The molecule has 1 aromatic carbocycles. The van der Waals surface area contributed by atoms with Gasteiger partial charge in [0, 0.05) is 55.0 Å². The van der Waals surface area contributed by atoms with E-state index in [0.717, 1.165) is 5.52 Å². The number of hydrogen-bond donors (Lipinski definition) is 2. The number of hydrogen-bond acceptors (Lipinski definition) is 4. The second-order valence-corrected chi connectivity index (χ2v) is 5.92. The number of pyridine rings is 1. The average molecular weight is 342 g/mol. The molecule has 0 saturated heterocycles. The summed E-state index contributed by atoms with van der Waals surface area (Å²) in [4.78, 5) is 9.18. The largest absolute Gasteiger partial charge is 0.379 e. The Morgan fingerprint density at radius 3 is 2.76 bits per heavy atom. The molecule has 6 heteroatoms. The van der Waals surface area contributed by atoms with Gasteiger partial charge in [-0.25, -0.2) is 4.98 Å². The monoisotopic (exact) mass is 342 g/mol. The smallest absolute Gasteiger partial charge is 0.217 e. The van der Waals surface area contributed by atoms with Gasteiger partial charge in [-0.1, -0.05) is 24.3 Å². The number of benzene rings is 1. The van der Waals surface area contributed by atoms with Crippen LogP contribution in [0.15, 0.2) is 48.8 Å². The van der Waals surface area contributed by atoms with E-state index in [-0.39, 0.29) is 0 Å². The minimum absolute atomic E-state index is 0.422. The molecule has 2 heterocycles. The van der Waals surface area contributed by atoms with E-state index in [1.807, 2.05) is 24.4 Å². The SMILES string of the molecule is NCCOCCN(Cc1cccnc1F)Cc1c[nH]c2ccccc12. The highest BCUT2D eigenvalue weighted by Gasteiger charge is 2.13. The zero-order valence-electron chi connectivity index (χ0n) is 14.1. The first-order chi connectivity index (χ1) is 12.3. The fraction of sp³-hybridized carbons (Fsp3) is 0.316. The number of nitrogens with one attached hydrogen (secondary N) is 1. The van der Waals surface area contributed by atoms with Crippen molar-refractivity contribution >= 4 is 10.9 Å². The first-order valence-corrected chi connectivity index (χ1v) is 8.42. The molecule has 25 heavy (non-hydrogen) atoms. The Bertz CT molecular complexity index is 805. The van der Waals surface area contributed by atoms with Gasteiger partial charge in [0.05, 0.1) is 13.2 Å². The number of rotatable bonds is 9. The Hall–Kier alpha value is -2.28. The summed E-state index contributed by atoms with van der Waals surface area (Å²) in [6.07, 6.45) is 3.48. The van der Waals surface area contributed by atoms with Gasteiger partial charge in [0.2, 0.25) is 5.95 Å². The highest BCUT2D eigenvalue weighted by Crippen LogP contribution is 2.20. The molecule has 0 saturated carbocycles. The molecule has 0 aliphatic heterocycles. The van der Waals surface area contributed by atoms with Crippen molar-refractivity contribution in [2.45, 2.75) is 13.1 Å². The summed E-state index contributed by atoms with van der Waals surface area (Å²) in [7, 11) is 0. The normalized spacial score (nSPS) is 11.5. The van der Waals surface area contributed by atoms with E-state index in [1.54, 1.807) is 12.1 Å². The summed E-state index contributed by atoms with van der Waals surface area (Å²) in [5.74, 6) is -0.422. The van der Waals surface area contributed by atoms with Gasteiger partial charge in [0.15, 0.2) is 0 Å². The summed E-state index contributed by atoms with van der Waals surface area (Å²) < 4.78 is 19.4. The van der Waals surface area contributed by atoms with E-state index < -0.39 is 5.95 Å². The standard InChI is InChI=1S/C19H23FN4O/c20-19-15(4-3-8-22-19)13-24(9-11-25-10-7-21)14-16-12-23-18-6-2-1-5-17(16)18/h1-6,8,12,23H,7,9-11,13-14,21H2. The van der Waals surface area contributed by atoms with Gasteiger partial charge in [0.25, 0.3) is 0 Å². The van der Waals surface area contributed by atoms with Crippen molar-refractivity contribution in [1.82, 2.24) is 14.9 Å². The second kappa shape index (κ2) is 8.71. The Kier molecular flexibility index (Phi) is 6.11. The van der Waals surface area contributed by atoms with Gasteiger partial charge < -0.3 is 15.5 Å². The van der Waals surface area contributed by atoms with Crippen LogP contribution in [0.1, 0.15) is 11.1 Å². The van der Waals surface area contributed by atoms with Gasteiger partial charge >= 0.3 is 0 Å². The van der Waals surface area contributed by atoms with Crippen LogP contribution in [0.25, 0.3) is 10.9 Å². The molecule has 0 aliphatic carbocycles. The van der Waals surface area contributed by atoms with Crippen LogP contribution in [-0.2, 0) is 17.8 Å². The van der Waals surface area contributed by atoms with E-state index in [2.05, 4.69) is 20.9 Å². The number of nitrogens with zero attached hydrogens (tertiary/aromatic N) is 2. The molecule has 3 aromatic rings. The third-order valence-electron chi connectivity index (χ3n) is 4.11. The summed E-state index contributed by atoms with van der Waals surface area (Å²) in [6, 6.07) is 11.7. The summed E-state index contributed by atoms with van der Waals surface area (Å²) >= 11 is 0. The van der Waals surface area contributed by atoms with Gasteiger partial charge in [-0.2, -0.15) is 4.39 Å². The molecule has 132 valence electrons. The maximum absolute atomic E-state index is 13.9. The predicted molar refractivity (Wildman–Crippen MR) is 96.5 cm³/mol. The van der Waals surface area contributed by atoms with E-state index in [0.29, 0.717) is 45.0 Å². The maximum atomic E-state index is 13.9. The molecule has 0 bridgehead atoms. The number of para-hydroxylation sites is 1. The van der Waals surface area contributed by atoms with E-state index in [1.165, 1.54) is 17.1 Å². The molecule has 0 unspecified atom stereocenters. The van der Waals surface area contributed by atoms with Gasteiger partial charge in [-0.15, -0.1) is 0 Å². The topological polar surface area (TPSA) is 67.2 Å². The Balaban J connectivity index is 1.74. The zero-order chi connectivity index (χ0) is 17.5. The van der Waals surface area contributed by atoms with Crippen molar-refractivity contribution in [1.29, 1.82) is 0 Å². The highest BCUT2D eigenvalue weighted by atomic mass is 19.1. The van der Waals surface area contributed by atoms with Crippen molar-refractivity contribution in [2.24, 2.45) is 5.73 Å². The fourth-order valence-corrected chi connectivity index (χ4v) is 2.87. The summed E-state index contributed by atoms with van der Waals surface area (Å²) in [6.45, 7) is 3.45. The van der Waals surface area contributed by atoms with Gasteiger partial charge in [-0.05, 0) is 17.7 Å². The number of halogens is 1. The quantitative estimate of drug-likeness (QED) is 0.463. The lowest BCUT2D eigenvalue weighted by Gasteiger charge is -2.22. The number of fused-ring (bicyclic) bond motifs is 1. The third-order valence-corrected chi connectivity index (χ3v) is 4.11. The van der Waals surface area contributed by atoms with Crippen LogP contribution in [0.3, 0.4) is 0 Å². The van der Waals surface area contributed by atoms with Crippen molar-refractivity contribution < 1.29 is 9.13 Å². The number of H-pyrrole nitrogens is 1.